The number of nitrogens with zero attached hydrogens (tertiary/aromatic N) is 2. The van der Waals surface area contributed by atoms with Gasteiger partial charge in [0.2, 0.25) is 0 Å². The van der Waals surface area contributed by atoms with Gasteiger partial charge in [0.1, 0.15) is 5.76 Å². The van der Waals surface area contributed by atoms with Crippen molar-refractivity contribution in [2.45, 2.75) is 25.3 Å². The van der Waals surface area contributed by atoms with E-state index in [9.17, 15) is 23.1 Å². The molecule has 3 N–H and O–H groups in total. The fourth-order valence-corrected chi connectivity index (χ4v) is 5.16. The number of hydrogen-bond donors (Lipinski definition) is 3. The fourth-order valence-electron chi connectivity index (χ4n) is 4.67. The van der Waals surface area contributed by atoms with Crippen LogP contribution < -0.4 is 9.80 Å². The molecule has 0 heterocycles. The first-order chi connectivity index (χ1) is 18.7. The van der Waals surface area contributed by atoms with Crippen molar-refractivity contribution in [1.29, 1.82) is 0 Å². The van der Waals surface area contributed by atoms with Crippen molar-refractivity contribution in [3.63, 3.8) is 0 Å². The molecule has 1 unspecified atom stereocenters. The quantitative estimate of drug-likeness (QED) is 0.259. The summed E-state index contributed by atoms with van der Waals surface area (Å²) in [4.78, 5) is 28.0. The lowest BCUT2D eigenvalue weighted by Gasteiger charge is -2.38. The van der Waals surface area contributed by atoms with E-state index < -0.39 is 27.9 Å². The van der Waals surface area contributed by atoms with Crippen molar-refractivity contribution in [3.8, 4) is 0 Å². The Bertz CT molecular complexity index is 1400. The number of benzene rings is 3. The number of carbonyl (C=O) groups is 2. The van der Waals surface area contributed by atoms with Crippen LogP contribution in [0.2, 0.25) is 0 Å². The Kier molecular flexibility index (Phi) is 8.68. The Morgan fingerprint density at radius 2 is 1.33 bits per heavy atom. The Hall–Kier alpha value is -4.15. The minimum absolute atomic E-state index is 0.0353. The van der Waals surface area contributed by atoms with Gasteiger partial charge in [-0.25, -0.2) is 0 Å². The van der Waals surface area contributed by atoms with Crippen LogP contribution in [0.15, 0.2) is 90.7 Å². The molecule has 0 amide bonds. The lowest BCUT2D eigenvalue weighted by atomic mass is 9.82. The van der Waals surface area contributed by atoms with Gasteiger partial charge in [-0.15, -0.1) is 0 Å². The second-order valence-corrected chi connectivity index (χ2v) is 10.8. The van der Waals surface area contributed by atoms with Crippen LogP contribution in [0, 0.1) is 0 Å². The summed E-state index contributed by atoms with van der Waals surface area (Å²) < 4.78 is 31.3. The smallest absolute Gasteiger partial charge is 0.303 e. The Labute approximate surface area is 227 Å². The molecule has 10 heteroatoms. The van der Waals surface area contributed by atoms with Crippen LogP contribution in [-0.2, 0) is 19.7 Å². The predicted octanol–water partition coefficient (Wildman–Crippen LogP) is 4.69. The zero-order chi connectivity index (χ0) is 28.0. The number of aliphatic hydroxyl groups excluding tert-OH is 1. The molecule has 1 aliphatic carbocycles. The molecule has 0 aliphatic heterocycles. The third-order valence-electron chi connectivity index (χ3n) is 6.51. The van der Waals surface area contributed by atoms with E-state index in [4.69, 9.17) is 9.66 Å². The molecule has 39 heavy (non-hydrogen) atoms. The van der Waals surface area contributed by atoms with E-state index >= 15 is 0 Å². The fraction of sp³-hybridized carbons (Fsp3) is 0.241. The summed E-state index contributed by atoms with van der Waals surface area (Å²) in [6.07, 6.45) is 0.474. The molecule has 9 nitrogen and oxygen atoms in total. The number of anilines is 3. The summed E-state index contributed by atoms with van der Waals surface area (Å²) in [7, 11) is -4.11. The maximum Gasteiger partial charge on any atom is 0.303 e. The van der Waals surface area contributed by atoms with Crippen LogP contribution in [0.25, 0.3) is 5.57 Å². The van der Waals surface area contributed by atoms with Gasteiger partial charge in [0, 0.05) is 36.6 Å². The van der Waals surface area contributed by atoms with Crippen LogP contribution in [-0.4, -0.2) is 59.8 Å². The van der Waals surface area contributed by atoms with Crippen LogP contribution in [0.5, 0.6) is 0 Å². The van der Waals surface area contributed by atoms with Gasteiger partial charge in [0.05, 0.1) is 11.3 Å². The normalized spacial score (nSPS) is 15.1. The third kappa shape index (κ3) is 6.84. The number of Topliss-reactive ketones (excluding diaryl/α,β-unsaturated/α-hetero) is 1. The van der Waals surface area contributed by atoms with E-state index in [1.807, 2.05) is 65.6 Å². The molecule has 1 aliphatic rings. The van der Waals surface area contributed by atoms with Gasteiger partial charge in [-0.2, -0.15) is 8.42 Å². The first-order valence-corrected chi connectivity index (χ1v) is 14.2. The summed E-state index contributed by atoms with van der Waals surface area (Å²) in [5, 5.41) is 20.1. The van der Waals surface area contributed by atoms with Gasteiger partial charge < -0.3 is 20.0 Å². The predicted molar refractivity (Wildman–Crippen MR) is 150 cm³/mol. The molecule has 0 aromatic heterocycles. The lowest BCUT2D eigenvalue weighted by molar-refractivity contribution is -0.137. The minimum Gasteiger partial charge on any atom is -0.509 e. The van der Waals surface area contributed by atoms with Crippen molar-refractivity contribution in [1.82, 2.24) is 0 Å². The topological polar surface area (TPSA) is 135 Å². The second-order valence-electron chi connectivity index (χ2n) is 9.24. The molecule has 3 aromatic rings. The zero-order valence-electron chi connectivity index (χ0n) is 21.2. The number of rotatable bonds is 13. The zero-order valence-corrected chi connectivity index (χ0v) is 22.0. The van der Waals surface area contributed by atoms with Gasteiger partial charge in [-0.3, -0.25) is 14.1 Å². The minimum atomic E-state index is -4.11. The summed E-state index contributed by atoms with van der Waals surface area (Å²) in [6, 6.07) is 24.8. The van der Waals surface area contributed by atoms with E-state index in [0.29, 0.717) is 24.2 Å². The monoisotopic (exact) mass is 550 g/mol. The van der Waals surface area contributed by atoms with E-state index in [1.165, 1.54) is 0 Å². The van der Waals surface area contributed by atoms with E-state index in [-0.39, 0.29) is 36.5 Å². The third-order valence-corrected chi connectivity index (χ3v) is 7.31. The van der Waals surface area contributed by atoms with Gasteiger partial charge in [-0.05, 0) is 54.8 Å². The standard InChI is InChI=1S/C29H30N2O7S/c32-25(33)13-7-18-30(19-8-20-39(36,37)38)22-16-14-21(15-17-22)26-28(34)27(29(26)35)31(23-9-3-1-4-10-23)24-11-5-2-6-12-24/h1-6,9-12,14-17,27,34H,7-8,13,18-20H2,(H,32,33)(H,36,37,38). The number of carbonyl (C=O) groups excluding carboxylic acids is 1. The van der Waals surface area contributed by atoms with E-state index in [0.717, 1.165) is 11.4 Å². The maximum absolute atomic E-state index is 13.4. The number of ketones is 1. The van der Waals surface area contributed by atoms with Gasteiger partial charge in [0.15, 0.2) is 11.8 Å². The molecule has 4 rings (SSSR count). The van der Waals surface area contributed by atoms with Crippen LogP contribution in [0.1, 0.15) is 24.8 Å². The first-order valence-electron chi connectivity index (χ1n) is 12.5. The van der Waals surface area contributed by atoms with Crippen molar-refractivity contribution >= 4 is 44.5 Å². The number of carboxylic acids is 1. The van der Waals surface area contributed by atoms with Crippen molar-refractivity contribution < 1.29 is 32.8 Å². The number of aliphatic hydroxyl groups is 1. The van der Waals surface area contributed by atoms with Gasteiger partial charge >= 0.3 is 5.97 Å². The van der Waals surface area contributed by atoms with Crippen molar-refractivity contribution in [3.05, 3.63) is 96.3 Å². The number of para-hydroxylation sites is 2. The van der Waals surface area contributed by atoms with Crippen molar-refractivity contribution in [2.75, 3.05) is 28.6 Å². The molecule has 0 saturated carbocycles. The molecule has 0 radical (unpaired) electrons. The molecule has 0 bridgehead atoms. The summed E-state index contributed by atoms with van der Waals surface area (Å²) >= 11 is 0. The largest absolute Gasteiger partial charge is 0.509 e. The molecule has 204 valence electrons. The molecule has 0 spiro atoms. The second kappa shape index (κ2) is 12.1. The highest BCUT2D eigenvalue weighted by Crippen LogP contribution is 2.41. The molecule has 0 fully saturated rings. The SMILES string of the molecule is O=C(O)CCCN(CCCS(=O)(=O)O)c1ccc(C2=C(O)C(N(c3ccccc3)c3ccccc3)C2=O)cc1. The van der Waals surface area contributed by atoms with Crippen LogP contribution >= 0.6 is 0 Å². The summed E-state index contributed by atoms with van der Waals surface area (Å²) in [5.41, 5.74) is 3.02. The molecular weight excluding hydrogens is 520 g/mol. The Morgan fingerprint density at radius 1 is 0.795 bits per heavy atom. The summed E-state index contributed by atoms with van der Waals surface area (Å²) in [5.74, 6) is -1.59. The number of aliphatic carboxylic acids is 1. The highest BCUT2D eigenvalue weighted by molar-refractivity contribution is 7.85. The highest BCUT2D eigenvalue weighted by Gasteiger charge is 2.44. The molecule has 0 saturated heterocycles. The molecular formula is C29H30N2O7S. The average molecular weight is 551 g/mol. The number of carboxylic acid groups (broad SMARTS) is 1. The lowest BCUT2D eigenvalue weighted by Crippen LogP contribution is -2.47. The van der Waals surface area contributed by atoms with Crippen molar-refractivity contribution in [2.24, 2.45) is 0 Å². The highest BCUT2D eigenvalue weighted by atomic mass is 32.2. The van der Waals surface area contributed by atoms with Gasteiger partial charge in [-0.1, -0.05) is 48.5 Å². The first kappa shape index (κ1) is 27.9. The van der Waals surface area contributed by atoms with Gasteiger partial charge in [0.25, 0.3) is 10.1 Å². The van der Waals surface area contributed by atoms with E-state index in [1.54, 1.807) is 29.2 Å². The maximum atomic E-state index is 13.4. The van der Waals surface area contributed by atoms with Crippen LogP contribution in [0.3, 0.4) is 0 Å². The molecule has 3 aromatic carbocycles. The van der Waals surface area contributed by atoms with E-state index in [2.05, 4.69) is 0 Å². The summed E-state index contributed by atoms with van der Waals surface area (Å²) in [6.45, 7) is 0.659. The Morgan fingerprint density at radius 3 is 1.82 bits per heavy atom. The Balaban J connectivity index is 1.57. The molecule has 1 atom stereocenters. The van der Waals surface area contributed by atoms with Crippen LogP contribution in [0.4, 0.5) is 17.1 Å². The average Bonchev–Trinajstić information content (AvgIpc) is 2.91. The number of hydrogen-bond acceptors (Lipinski definition) is 7.